The highest BCUT2D eigenvalue weighted by Gasteiger charge is 1.95. The Morgan fingerprint density at radius 1 is 0.636 bits per heavy atom. The molecule has 0 spiro atoms. The molecule has 0 saturated carbocycles. The van der Waals surface area contributed by atoms with Gasteiger partial charge in [-0.1, -0.05) is 83.0 Å². The number of terminal acetylenes is 1. The van der Waals surface area contributed by atoms with Crippen molar-refractivity contribution in [1.82, 2.24) is 9.97 Å². The van der Waals surface area contributed by atoms with Crippen LogP contribution in [0.5, 0.6) is 0 Å². The van der Waals surface area contributed by atoms with Crippen LogP contribution in [0.4, 0.5) is 11.6 Å². The summed E-state index contributed by atoms with van der Waals surface area (Å²) in [6.07, 6.45) is 5.10. The Balaban J connectivity index is 0.000000192. The first kappa shape index (κ1) is 25.6. The number of hydrogen-bond acceptors (Lipinski definition) is 4. The van der Waals surface area contributed by atoms with E-state index >= 15 is 0 Å². The van der Waals surface area contributed by atoms with Crippen molar-refractivity contribution in [2.45, 2.75) is 0 Å². The number of nitrogens with two attached hydrogens (primary N) is 2. The third-order valence-electron chi connectivity index (χ3n) is 3.64. The molecule has 7 heteroatoms. The van der Waals surface area contributed by atoms with Gasteiger partial charge in [0.1, 0.15) is 22.5 Å². The Kier molecular flexibility index (Phi) is 10.6. The van der Waals surface area contributed by atoms with E-state index < -0.39 is 0 Å². The van der Waals surface area contributed by atoms with Crippen LogP contribution >= 0.6 is 34.8 Å². The number of pyridine rings is 2. The van der Waals surface area contributed by atoms with Gasteiger partial charge in [-0.3, -0.25) is 0 Å². The smallest absolute Gasteiger partial charge is 0.132 e. The maximum atomic E-state index is 5.84. The van der Waals surface area contributed by atoms with E-state index in [1.54, 1.807) is 12.1 Å². The number of anilines is 2. The third kappa shape index (κ3) is 10.5. The van der Waals surface area contributed by atoms with Crippen molar-refractivity contribution in [1.29, 1.82) is 0 Å². The van der Waals surface area contributed by atoms with E-state index in [-0.39, 0.29) is 0 Å². The molecule has 0 unspecified atom stereocenters. The molecule has 0 fully saturated rings. The van der Waals surface area contributed by atoms with E-state index in [1.165, 1.54) is 12.1 Å². The maximum Gasteiger partial charge on any atom is 0.132 e. The predicted molar refractivity (Wildman–Crippen MR) is 139 cm³/mol. The molecule has 4 N–H and O–H groups in total. The normalized spacial score (nSPS) is 9.03. The lowest BCUT2D eigenvalue weighted by Gasteiger charge is -1.95. The number of halogens is 3. The number of nitrogen functional groups attached to an aromatic ring is 2. The number of nitrogens with zero attached hydrogens (tertiary/aromatic N) is 2. The summed E-state index contributed by atoms with van der Waals surface area (Å²) in [6.45, 7) is 0. The Morgan fingerprint density at radius 3 is 1.61 bits per heavy atom. The second kappa shape index (κ2) is 13.7. The fraction of sp³-hybridized carbons (Fsp3) is 0. The van der Waals surface area contributed by atoms with Gasteiger partial charge < -0.3 is 11.5 Å². The summed E-state index contributed by atoms with van der Waals surface area (Å²) in [6, 6.07) is 25.6. The summed E-state index contributed by atoms with van der Waals surface area (Å²) >= 11 is 16.9. The Hall–Kier alpha value is -3.67. The molecule has 0 aliphatic carbocycles. The molecule has 0 atom stereocenters. The number of aromatic nitrogens is 2. The molecular weight excluding hydrogens is 475 g/mol. The molecule has 0 amide bonds. The zero-order chi connectivity index (χ0) is 24.1. The first-order chi connectivity index (χ1) is 15.9. The Labute approximate surface area is 208 Å². The van der Waals surface area contributed by atoms with Crippen LogP contribution in [-0.4, -0.2) is 9.97 Å². The minimum Gasteiger partial charge on any atom is -0.384 e. The monoisotopic (exact) mass is 492 g/mol. The Bertz CT molecular complexity index is 1210. The first-order valence-corrected chi connectivity index (χ1v) is 10.6. The lowest BCUT2D eigenvalue weighted by atomic mass is 10.2. The van der Waals surface area contributed by atoms with Crippen molar-refractivity contribution < 1.29 is 0 Å². The average molecular weight is 494 g/mol. The van der Waals surface area contributed by atoms with Crippen LogP contribution in [0.3, 0.4) is 0 Å². The predicted octanol–water partition coefficient (Wildman–Crippen LogP) is 6.36. The molecule has 33 heavy (non-hydrogen) atoms. The molecule has 164 valence electrons. The van der Waals surface area contributed by atoms with Gasteiger partial charge in [-0.2, -0.15) is 0 Å². The maximum absolute atomic E-state index is 5.84. The Morgan fingerprint density at radius 2 is 1.15 bits per heavy atom. The minimum atomic E-state index is 0.319. The van der Waals surface area contributed by atoms with Gasteiger partial charge in [-0.15, -0.1) is 6.42 Å². The van der Waals surface area contributed by atoms with E-state index in [2.05, 4.69) is 27.7 Å². The molecule has 4 rings (SSSR count). The fourth-order valence-corrected chi connectivity index (χ4v) is 2.96. The average Bonchev–Trinajstić information content (AvgIpc) is 2.78. The highest BCUT2D eigenvalue weighted by molar-refractivity contribution is 6.34. The number of benzene rings is 2. The van der Waals surface area contributed by atoms with Crippen LogP contribution in [0.25, 0.3) is 0 Å². The van der Waals surface area contributed by atoms with Gasteiger partial charge in [0, 0.05) is 21.2 Å². The summed E-state index contributed by atoms with van der Waals surface area (Å²) in [5.74, 6) is 9.15. The standard InChI is InChI=1S/C13H9ClN2.C8H6.C5H4Cl2N2/c14-11-8-12(16-13(15)9-11)7-6-10-4-2-1-3-5-10;1-2-8-6-4-3-5-7-8;6-3-1-4(7)9-5(8)2-3/h1-5,8-9H,(H2,15,16);1,3-7H;1-2H,(H2,8,9). The van der Waals surface area contributed by atoms with E-state index in [4.69, 9.17) is 52.7 Å². The molecule has 2 aromatic heterocycles. The van der Waals surface area contributed by atoms with Gasteiger partial charge in [-0.25, -0.2) is 9.97 Å². The van der Waals surface area contributed by atoms with E-state index in [9.17, 15) is 0 Å². The van der Waals surface area contributed by atoms with Gasteiger partial charge in [-0.05, 0) is 54.5 Å². The number of hydrogen-bond donors (Lipinski definition) is 2. The lowest BCUT2D eigenvalue weighted by Crippen LogP contribution is -1.92. The van der Waals surface area contributed by atoms with Crippen molar-refractivity contribution >= 4 is 46.4 Å². The van der Waals surface area contributed by atoms with Gasteiger partial charge in [0.25, 0.3) is 0 Å². The molecule has 4 aromatic rings. The van der Waals surface area contributed by atoms with Crippen LogP contribution in [0.2, 0.25) is 15.2 Å². The summed E-state index contributed by atoms with van der Waals surface area (Å²) in [5, 5.41) is 1.37. The van der Waals surface area contributed by atoms with Crippen molar-refractivity contribution in [2.24, 2.45) is 0 Å². The van der Waals surface area contributed by atoms with E-state index in [0.717, 1.165) is 11.1 Å². The quantitative estimate of drug-likeness (QED) is 0.221. The number of rotatable bonds is 0. The molecule has 2 aromatic carbocycles. The van der Waals surface area contributed by atoms with Crippen LogP contribution in [-0.2, 0) is 0 Å². The SMILES string of the molecule is C#Cc1ccccc1.Nc1cc(Cl)cc(C#Cc2ccccc2)n1.Nc1cc(Cl)cc(Cl)n1. The summed E-state index contributed by atoms with van der Waals surface area (Å²) in [4.78, 5) is 7.76. The summed E-state index contributed by atoms with van der Waals surface area (Å²) < 4.78 is 0. The largest absolute Gasteiger partial charge is 0.384 e. The van der Waals surface area contributed by atoms with Crippen LogP contribution in [0.15, 0.2) is 84.9 Å². The summed E-state index contributed by atoms with van der Waals surface area (Å²) in [5.41, 5.74) is 13.3. The van der Waals surface area contributed by atoms with Crippen LogP contribution in [0, 0.1) is 24.2 Å². The molecule has 0 saturated heterocycles. The highest BCUT2D eigenvalue weighted by Crippen LogP contribution is 2.16. The minimum absolute atomic E-state index is 0.319. The van der Waals surface area contributed by atoms with Gasteiger partial charge >= 0.3 is 0 Å². The van der Waals surface area contributed by atoms with E-state index in [0.29, 0.717) is 32.5 Å². The zero-order valence-corrected chi connectivity index (χ0v) is 19.6. The molecule has 0 radical (unpaired) electrons. The molecule has 4 nitrogen and oxygen atoms in total. The first-order valence-electron chi connectivity index (χ1n) is 9.46. The third-order valence-corrected chi connectivity index (χ3v) is 4.27. The van der Waals surface area contributed by atoms with E-state index in [1.807, 2.05) is 60.7 Å². The summed E-state index contributed by atoms with van der Waals surface area (Å²) in [7, 11) is 0. The topological polar surface area (TPSA) is 77.8 Å². The molecule has 0 aliphatic heterocycles. The van der Waals surface area contributed by atoms with Gasteiger partial charge in [0.05, 0.1) is 0 Å². The van der Waals surface area contributed by atoms with Crippen molar-refractivity contribution in [3.05, 3.63) is 117 Å². The van der Waals surface area contributed by atoms with Gasteiger partial charge in [0.15, 0.2) is 0 Å². The molecular formula is C26H19Cl3N4. The van der Waals surface area contributed by atoms with Crippen molar-refractivity contribution in [2.75, 3.05) is 11.5 Å². The molecule has 0 aliphatic rings. The van der Waals surface area contributed by atoms with Crippen LogP contribution in [0.1, 0.15) is 16.8 Å². The second-order valence-corrected chi connectivity index (χ2v) is 7.51. The lowest BCUT2D eigenvalue weighted by molar-refractivity contribution is 1.30. The van der Waals surface area contributed by atoms with Crippen molar-refractivity contribution in [3.63, 3.8) is 0 Å². The van der Waals surface area contributed by atoms with Crippen LogP contribution < -0.4 is 11.5 Å². The second-order valence-electron chi connectivity index (χ2n) is 6.25. The molecule has 0 bridgehead atoms. The molecule has 2 heterocycles. The zero-order valence-electron chi connectivity index (χ0n) is 17.3. The highest BCUT2D eigenvalue weighted by atomic mass is 35.5. The fourth-order valence-electron chi connectivity index (χ4n) is 2.26. The van der Waals surface area contributed by atoms with Crippen molar-refractivity contribution in [3.8, 4) is 24.2 Å². The van der Waals surface area contributed by atoms with Gasteiger partial charge in [0.2, 0.25) is 0 Å².